The number of aromatic nitrogens is 4. The second kappa shape index (κ2) is 8.31. The van der Waals surface area contributed by atoms with Gasteiger partial charge in [-0.05, 0) is 31.4 Å². The topological polar surface area (TPSA) is 94.5 Å². The number of nitrogens with one attached hydrogen (secondary N) is 1. The summed E-state index contributed by atoms with van der Waals surface area (Å²) in [5, 5.41) is 11.0. The predicted molar refractivity (Wildman–Crippen MR) is 102 cm³/mol. The number of alkyl halides is 3. The summed E-state index contributed by atoms with van der Waals surface area (Å²) < 4.78 is 47.7. The second-order valence-electron chi connectivity index (χ2n) is 7.18. The van der Waals surface area contributed by atoms with Crippen molar-refractivity contribution in [3.05, 3.63) is 59.3 Å². The quantitative estimate of drug-likeness (QED) is 0.578. The molecule has 164 valence electrons. The van der Waals surface area contributed by atoms with Crippen LogP contribution in [0.5, 0.6) is 0 Å². The standard InChI is InChI=1S/C19H17ClF3N5O3/c1-10(24-17(29)14-9-28-8-12(20)3-4-15(28)25-14)2-5-16-26-27-18(30-16)11-6-13(7-11)31-19(21,22)23/h3-4,8-9,11,13H,1-2,5-7H2,(H,24,29)/t11-,13+. The van der Waals surface area contributed by atoms with Gasteiger partial charge in [0.15, 0.2) is 0 Å². The number of ether oxygens (including phenoxy) is 1. The van der Waals surface area contributed by atoms with E-state index in [9.17, 15) is 18.0 Å². The molecule has 0 unspecified atom stereocenters. The van der Waals surface area contributed by atoms with Crippen LogP contribution >= 0.6 is 11.6 Å². The number of halogens is 4. The fourth-order valence-corrected chi connectivity index (χ4v) is 3.37. The van der Waals surface area contributed by atoms with Crippen molar-refractivity contribution in [3.8, 4) is 0 Å². The summed E-state index contributed by atoms with van der Waals surface area (Å²) in [6.45, 7) is 3.82. The minimum atomic E-state index is -4.64. The summed E-state index contributed by atoms with van der Waals surface area (Å²) in [6, 6.07) is 3.37. The van der Waals surface area contributed by atoms with E-state index in [1.807, 2.05) is 0 Å². The molecule has 1 saturated carbocycles. The molecule has 3 heterocycles. The first-order valence-corrected chi connectivity index (χ1v) is 9.74. The largest absolute Gasteiger partial charge is 0.522 e. The van der Waals surface area contributed by atoms with Crippen LogP contribution in [0, 0.1) is 0 Å². The number of hydrogen-bond donors (Lipinski definition) is 1. The minimum absolute atomic E-state index is 0.175. The van der Waals surface area contributed by atoms with Crippen molar-refractivity contribution >= 4 is 23.2 Å². The van der Waals surface area contributed by atoms with Gasteiger partial charge in [-0.15, -0.1) is 23.4 Å². The average molecular weight is 456 g/mol. The number of allylic oxidation sites excluding steroid dienone is 1. The lowest BCUT2D eigenvalue weighted by Gasteiger charge is -2.32. The molecule has 31 heavy (non-hydrogen) atoms. The van der Waals surface area contributed by atoms with Crippen LogP contribution < -0.4 is 5.32 Å². The summed E-state index contributed by atoms with van der Waals surface area (Å²) >= 11 is 5.92. The third-order valence-electron chi connectivity index (χ3n) is 4.81. The number of nitrogens with zero attached hydrogens (tertiary/aromatic N) is 4. The molecule has 0 saturated heterocycles. The molecule has 0 radical (unpaired) electrons. The van der Waals surface area contributed by atoms with Crippen LogP contribution in [0.1, 0.15) is 47.5 Å². The number of carbonyl (C=O) groups excluding carboxylic acids is 1. The van der Waals surface area contributed by atoms with Gasteiger partial charge in [0.2, 0.25) is 11.8 Å². The number of amides is 1. The van der Waals surface area contributed by atoms with Crippen LogP contribution in [-0.4, -0.2) is 38.0 Å². The van der Waals surface area contributed by atoms with Crippen LogP contribution in [-0.2, 0) is 11.2 Å². The first kappa shape index (κ1) is 21.3. The van der Waals surface area contributed by atoms with E-state index in [4.69, 9.17) is 16.0 Å². The maximum atomic E-state index is 12.4. The summed E-state index contributed by atoms with van der Waals surface area (Å²) in [4.78, 5) is 16.6. The first-order chi connectivity index (χ1) is 14.7. The smallest absolute Gasteiger partial charge is 0.425 e. The van der Waals surface area contributed by atoms with Gasteiger partial charge in [0, 0.05) is 30.4 Å². The Kier molecular flexibility index (Phi) is 5.71. The third-order valence-corrected chi connectivity index (χ3v) is 5.03. The van der Waals surface area contributed by atoms with Gasteiger partial charge in [0.25, 0.3) is 5.91 Å². The number of imidazole rings is 1. The van der Waals surface area contributed by atoms with E-state index in [0.717, 1.165) is 0 Å². The molecule has 8 nitrogen and oxygen atoms in total. The highest BCUT2D eigenvalue weighted by Crippen LogP contribution is 2.40. The van der Waals surface area contributed by atoms with E-state index in [-0.39, 0.29) is 30.3 Å². The molecule has 1 fully saturated rings. The SMILES string of the molecule is C=C(CCc1nnc([C@H]2C[C@@H](OC(F)(F)F)C2)o1)NC(=O)c1cn2cc(Cl)ccc2n1. The lowest BCUT2D eigenvalue weighted by molar-refractivity contribution is -0.352. The normalized spacial score (nSPS) is 18.7. The zero-order valence-corrected chi connectivity index (χ0v) is 16.8. The van der Waals surface area contributed by atoms with Crippen molar-refractivity contribution in [2.45, 2.75) is 44.1 Å². The predicted octanol–water partition coefficient (Wildman–Crippen LogP) is 4.03. The Bertz CT molecular complexity index is 1120. The van der Waals surface area contributed by atoms with E-state index in [2.05, 4.69) is 31.8 Å². The Hall–Kier alpha value is -2.92. The van der Waals surface area contributed by atoms with E-state index in [0.29, 0.717) is 35.1 Å². The molecule has 3 aromatic rings. The molecule has 0 bridgehead atoms. The van der Waals surface area contributed by atoms with E-state index in [1.165, 1.54) is 0 Å². The molecule has 0 aliphatic heterocycles. The van der Waals surface area contributed by atoms with Gasteiger partial charge in [-0.25, -0.2) is 4.98 Å². The van der Waals surface area contributed by atoms with Crippen molar-refractivity contribution in [3.63, 3.8) is 0 Å². The molecule has 0 aromatic carbocycles. The average Bonchev–Trinajstić information content (AvgIpc) is 3.28. The minimum Gasteiger partial charge on any atom is -0.425 e. The highest BCUT2D eigenvalue weighted by molar-refractivity contribution is 6.30. The number of aryl methyl sites for hydroxylation is 1. The highest BCUT2D eigenvalue weighted by Gasteiger charge is 2.42. The first-order valence-electron chi connectivity index (χ1n) is 9.36. The number of hydrogen-bond acceptors (Lipinski definition) is 6. The second-order valence-corrected chi connectivity index (χ2v) is 7.62. The van der Waals surface area contributed by atoms with Gasteiger partial charge >= 0.3 is 6.36 Å². The van der Waals surface area contributed by atoms with Crippen molar-refractivity contribution < 1.29 is 27.1 Å². The molecule has 12 heteroatoms. The molecule has 0 spiro atoms. The van der Waals surface area contributed by atoms with Crippen LogP contribution in [0.15, 0.2) is 41.2 Å². The van der Waals surface area contributed by atoms with Crippen LogP contribution in [0.3, 0.4) is 0 Å². The van der Waals surface area contributed by atoms with Crippen molar-refractivity contribution in [1.82, 2.24) is 24.9 Å². The lowest BCUT2D eigenvalue weighted by atomic mass is 9.82. The van der Waals surface area contributed by atoms with Crippen molar-refractivity contribution in [2.75, 3.05) is 0 Å². The number of rotatable bonds is 7. The molecule has 4 rings (SSSR count). The van der Waals surface area contributed by atoms with E-state index >= 15 is 0 Å². The Balaban J connectivity index is 1.25. The van der Waals surface area contributed by atoms with Crippen molar-refractivity contribution in [1.29, 1.82) is 0 Å². The van der Waals surface area contributed by atoms with E-state index in [1.54, 1.807) is 28.9 Å². The summed E-state index contributed by atoms with van der Waals surface area (Å²) in [5.74, 6) is -0.0655. The summed E-state index contributed by atoms with van der Waals surface area (Å²) in [7, 11) is 0. The Morgan fingerprint density at radius 3 is 2.84 bits per heavy atom. The monoisotopic (exact) mass is 455 g/mol. The molecular weight excluding hydrogens is 439 g/mol. The molecular formula is C19H17ClF3N5O3. The van der Waals surface area contributed by atoms with Gasteiger partial charge in [0.1, 0.15) is 11.3 Å². The number of fused-ring (bicyclic) bond motifs is 1. The molecule has 1 amide bonds. The zero-order valence-electron chi connectivity index (χ0n) is 16.0. The molecule has 1 N–H and O–H groups in total. The molecule has 0 atom stereocenters. The third kappa shape index (κ3) is 5.23. The molecule has 3 aromatic heterocycles. The van der Waals surface area contributed by atoms with Gasteiger partial charge in [0.05, 0.1) is 11.1 Å². The Morgan fingerprint density at radius 1 is 1.32 bits per heavy atom. The number of pyridine rings is 1. The Morgan fingerprint density at radius 2 is 2.10 bits per heavy atom. The highest BCUT2D eigenvalue weighted by atomic mass is 35.5. The van der Waals surface area contributed by atoms with Crippen LogP contribution in [0.25, 0.3) is 5.65 Å². The Labute approximate surface area is 179 Å². The van der Waals surface area contributed by atoms with Crippen LogP contribution in [0.4, 0.5) is 13.2 Å². The van der Waals surface area contributed by atoms with Gasteiger partial charge in [-0.3, -0.25) is 9.53 Å². The fourth-order valence-electron chi connectivity index (χ4n) is 3.20. The summed E-state index contributed by atoms with van der Waals surface area (Å²) in [6.07, 6.45) is -1.31. The van der Waals surface area contributed by atoms with Crippen LogP contribution in [0.2, 0.25) is 5.02 Å². The fraction of sp³-hybridized carbons (Fsp3) is 0.368. The van der Waals surface area contributed by atoms with Gasteiger partial charge in [-0.1, -0.05) is 18.2 Å². The van der Waals surface area contributed by atoms with Gasteiger partial charge in [-0.2, -0.15) is 0 Å². The maximum Gasteiger partial charge on any atom is 0.522 e. The van der Waals surface area contributed by atoms with Crippen molar-refractivity contribution in [2.24, 2.45) is 0 Å². The van der Waals surface area contributed by atoms with Gasteiger partial charge < -0.3 is 14.1 Å². The zero-order chi connectivity index (χ0) is 22.2. The van der Waals surface area contributed by atoms with E-state index < -0.39 is 18.4 Å². The molecule has 1 aliphatic carbocycles. The number of carbonyl (C=O) groups is 1. The maximum absolute atomic E-state index is 12.4. The molecule has 1 aliphatic rings. The summed E-state index contributed by atoms with van der Waals surface area (Å²) in [5.41, 5.74) is 1.23. The lowest BCUT2D eigenvalue weighted by Crippen LogP contribution is -2.34.